The molecule has 0 spiro atoms. The molecule has 0 aliphatic carbocycles. The molecule has 3 heteroatoms. The van der Waals surface area contributed by atoms with Crippen molar-refractivity contribution in [3.05, 3.63) is 11.8 Å². The fourth-order valence-electron chi connectivity index (χ4n) is 0.543. The van der Waals surface area contributed by atoms with E-state index in [-0.39, 0.29) is 0 Å². The Kier molecular flexibility index (Phi) is 5.63. The van der Waals surface area contributed by atoms with Gasteiger partial charge < -0.3 is 4.74 Å². The molecule has 0 bridgehead atoms. The zero-order chi connectivity index (χ0) is 7.82. The van der Waals surface area contributed by atoms with Crippen molar-refractivity contribution in [3.8, 4) is 0 Å². The average Bonchev–Trinajstić information content (AvgIpc) is 1.98. The van der Waals surface area contributed by atoms with E-state index in [9.17, 15) is 0 Å². The molecule has 0 aromatic rings. The van der Waals surface area contributed by atoms with Gasteiger partial charge in [0.25, 0.3) is 0 Å². The van der Waals surface area contributed by atoms with Crippen LogP contribution in [0.5, 0.6) is 0 Å². The lowest BCUT2D eigenvalue weighted by atomic mass is 10.3. The molecule has 0 fully saturated rings. The highest BCUT2D eigenvalue weighted by Crippen LogP contribution is 2.00. The summed E-state index contributed by atoms with van der Waals surface area (Å²) in [7, 11) is 1.64. The molecule has 0 atom stereocenters. The largest absolute Gasteiger partial charge is 0.384 e. The Labute approximate surface area is 60.9 Å². The van der Waals surface area contributed by atoms with Crippen molar-refractivity contribution < 1.29 is 4.74 Å². The molecule has 56 valence electrons. The predicted octanol–water partition coefficient (Wildman–Crippen LogP) is 1.68. The van der Waals surface area contributed by atoms with E-state index in [0.29, 0.717) is 6.61 Å². The Hall–Kier alpha value is -0.920. The van der Waals surface area contributed by atoms with E-state index in [1.165, 1.54) is 0 Å². The van der Waals surface area contributed by atoms with Gasteiger partial charge in [-0.2, -0.15) is 4.99 Å². The van der Waals surface area contributed by atoms with Crippen molar-refractivity contribution in [1.82, 2.24) is 0 Å². The first-order chi connectivity index (χ1) is 4.85. The molecule has 0 aliphatic heterocycles. The quantitative estimate of drug-likeness (QED) is 0.593. The smallest absolute Gasteiger partial charge is 0.0914 e. The Morgan fingerprint density at radius 1 is 1.80 bits per heavy atom. The SMILES string of the molecule is CC=C(CCOC)N=C=N. The van der Waals surface area contributed by atoms with Crippen LogP contribution in [0.25, 0.3) is 0 Å². The number of hydrogen-bond donors (Lipinski definition) is 1. The summed E-state index contributed by atoms with van der Waals surface area (Å²) in [6.45, 7) is 2.52. The number of aliphatic imine (C=N–C) groups is 1. The summed E-state index contributed by atoms with van der Waals surface area (Å²) in [6, 6.07) is 1.98. The summed E-state index contributed by atoms with van der Waals surface area (Å²) >= 11 is 0. The molecule has 0 saturated heterocycles. The molecule has 0 heterocycles. The molecular weight excluding hydrogens is 128 g/mol. The van der Waals surface area contributed by atoms with Crippen molar-refractivity contribution in [2.75, 3.05) is 13.7 Å². The lowest BCUT2D eigenvalue weighted by Gasteiger charge is -1.95. The first-order valence-corrected chi connectivity index (χ1v) is 3.11. The Bertz CT molecular complexity index is 157. The van der Waals surface area contributed by atoms with E-state index in [2.05, 4.69) is 4.99 Å². The second-order valence-corrected chi connectivity index (χ2v) is 1.75. The van der Waals surface area contributed by atoms with Gasteiger partial charge in [0.05, 0.1) is 12.6 Å². The van der Waals surface area contributed by atoms with Crippen molar-refractivity contribution in [1.29, 1.82) is 5.41 Å². The fraction of sp³-hybridized carbons (Fsp3) is 0.571. The normalized spacial score (nSPS) is 10.8. The van der Waals surface area contributed by atoms with Crippen molar-refractivity contribution in [2.24, 2.45) is 4.99 Å². The molecule has 0 aliphatic rings. The summed E-state index contributed by atoms with van der Waals surface area (Å²) in [5, 5.41) is 6.57. The zero-order valence-corrected chi connectivity index (χ0v) is 6.35. The third kappa shape index (κ3) is 4.01. The third-order valence-corrected chi connectivity index (χ3v) is 1.10. The molecule has 0 aromatic heterocycles. The zero-order valence-electron chi connectivity index (χ0n) is 6.35. The lowest BCUT2D eigenvalue weighted by molar-refractivity contribution is 0.202. The molecule has 0 rings (SSSR count). The summed E-state index contributed by atoms with van der Waals surface area (Å²) in [5.41, 5.74) is 0.844. The van der Waals surface area contributed by atoms with Crippen LogP contribution in [0.3, 0.4) is 0 Å². The fourth-order valence-corrected chi connectivity index (χ4v) is 0.543. The van der Waals surface area contributed by atoms with Gasteiger partial charge in [0.2, 0.25) is 0 Å². The highest BCUT2D eigenvalue weighted by Gasteiger charge is 1.89. The minimum atomic E-state index is 0.644. The lowest BCUT2D eigenvalue weighted by Crippen LogP contribution is -1.89. The Morgan fingerprint density at radius 2 is 2.50 bits per heavy atom. The number of rotatable bonds is 4. The molecular formula is C7H12N2O. The standard InChI is InChI=1S/C7H12N2O/c1-3-7(9-6-8)4-5-10-2/h3,8H,4-5H2,1-2H3. The van der Waals surface area contributed by atoms with Crippen LogP contribution in [-0.4, -0.2) is 19.7 Å². The van der Waals surface area contributed by atoms with Gasteiger partial charge in [-0.3, -0.25) is 0 Å². The van der Waals surface area contributed by atoms with Gasteiger partial charge in [-0.05, 0) is 6.92 Å². The number of nitrogens with zero attached hydrogens (tertiary/aromatic N) is 1. The molecule has 0 aromatic carbocycles. The molecule has 0 unspecified atom stereocenters. The monoisotopic (exact) mass is 140 g/mol. The van der Waals surface area contributed by atoms with Crippen LogP contribution in [0.4, 0.5) is 0 Å². The Balaban J connectivity index is 3.73. The summed E-state index contributed by atoms with van der Waals surface area (Å²) in [6.07, 6.45) is 2.60. The molecule has 0 radical (unpaired) electrons. The van der Waals surface area contributed by atoms with Crippen LogP contribution in [0.1, 0.15) is 13.3 Å². The van der Waals surface area contributed by atoms with Gasteiger partial charge in [0, 0.05) is 19.2 Å². The van der Waals surface area contributed by atoms with Crippen molar-refractivity contribution >= 4 is 6.01 Å². The van der Waals surface area contributed by atoms with Gasteiger partial charge in [0.1, 0.15) is 0 Å². The van der Waals surface area contributed by atoms with Gasteiger partial charge >= 0.3 is 0 Å². The maximum atomic E-state index is 6.57. The van der Waals surface area contributed by atoms with E-state index in [0.717, 1.165) is 12.1 Å². The average molecular weight is 140 g/mol. The van der Waals surface area contributed by atoms with Gasteiger partial charge in [-0.1, -0.05) is 6.08 Å². The van der Waals surface area contributed by atoms with E-state index in [4.69, 9.17) is 10.1 Å². The van der Waals surface area contributed by atoms with Crippen LogP contribution in [-0.2, 0) is 4.74 Å². The highest BCUT2D eigenvalue weighted by atomic mass is 16.5. The summed E-state index contributed by atoms with van der Waals surface area (Å²) in [4.78, 5) is 3.68. The number of allylic oxidation sites excluding steroid dienone is 1. The molecule has 3 nitrogen and oxygen atoms in total. The van der Waals surface area contributed by atoms with E-state index < -0.39 is 0 Å². The van der Waals surface area contributed by atoms with Crippen LogP contribution < -0.4 is 0 Å². The number of methoxy groups -OCH3 is 1. The van der Waals surface area contributed by atoms with Gasteiger partial charge in [-0.25, -0.2) is 5.41 Å². The van der Waals surface area contributed by atoms with Crippen LogP contribution in [0.2, 0.25) is 0 Å². The maximum Gasteiger partial charge on any atom is 0.0914 e. The van der Waals surface area contributed by atoms with Crippen LogP contribution in [0.15, 0.2) is 16.8 Å². The van der Waals surface area contributed by atoms with Crippen LogP contribution >= 0.6 is 0 Å². The van der Waals surface area contributed by atoms with Crippen molar-refractivity contribution in [2.45, 2.75) is 13.3 Å². The number of hydrogen-bond acceptors (Lipinski definition) is 3. The molecule has 1 N–H and O–H groups in total. The first-order valence-electron chi connectivity index (χ1n) is 3.11. The topological polar surface area (TPSA) is 45.4 Å². The number of ether oxygens (including phenoxy) is 1. The van der Waals surface area contributed by atoms with Gasteiger partial charge in [0.15, 0.2) is 0 Å². The number of nitrogens with one attached hydrogen (secondary N) is 1. The molecule has 0 amide bonds. The highest BCUT2D eigenvalue weighted by molar-refractivity contribution is 5.39. The summed E-state index contributed by atoms with van der Waals surface area (Å²) < 4.78 is 4.83. The third-order valence-electron chi connectivity index (χ3n) is 1.10. The Morgan fingerprint density at radius 3 is 2.90 bits per heavy atom. The minimum absolute atomic E-state index is 0.644. The van der Waals surface area contributed by atoms with Gasteiger partial charge in [-0.15, -0.1) is 0 Å². The molecule has 10 heavy (non-hydrogen) atoms. The first kappa shape index (κ1) is 9.08. The maximum absolute atomic E-state index is 6.57. The van der Waals surface area contributed by atoms with E-state index >= 15 is 0 Å². The molecule has 0 saturated carbocycles. The van der Waals surface area contributed by atoms with E-state index in [1.54, 1.807) is 7.11 Å². The van der Waals surface area contributed by atoms with E-state index in [1.807, 2.05) is 19.0 Å². The predicted molar refractivity (Wildman–Crippen MR) is 40.4 cm³/mol. The second kappa shape index (κ2) is 6.20. The van der Waals surface area contributed by atoms with Crippen LogP contribution in [0, 0.1) is 5.41 Å². The summed E-state index contributed by atoms with van der Waals surface area (Å²) in [5.74, 6) is 0. The van der Waals surface area contributed by atoms with Crippen molar-refractivity contribution in [3.63, 3.8) is 0 Å². The minimum Gasteiger partial charge on any atom is -0.384 e. The second-order valence-electron chi connectivity index (χ2n) is 1.75.